The number of nitrogens with zero attached hydrogens (tertiary/aromatic N) is 2. The molecule has 164 valence electrons. The van der Waals surface area contributed by atoms with Crippen molar-refractivity contribution >= 4 is 26.8 Å². The Morgan fingerprint density at radius 3 is 2.52 bits per heavy atom. The van der Waals surface area contributed by atoms with Crippen molar-refractivity contribution in [3.05, 3.63) is 59.8 Å². The number of hydrogen-bond acceptors (Lipinski definition) is 4. The molecule has 2 heterocycles. The fourth-order valence-corrected chi connectivity index (χ4v) is 5.29. The quantitative estimate of drug-likeness (QED) is 0.657. The highest BCUT2D eigenvalue weighted by atomic mass is 32.2. The number of nitrogens with one attached hydrogen (secondary N) is 1. The summed E-state index contributed by atoms with van der Waals surface area (Å²) in [6.45, 7) is 1.26. The Kier molecular flexibility index (Phi) is 5.77. The molecule has 2 aromatic carbocycles. The number of methoxy groups -OCH3 is 1. The Bertz CT molecular complexity index is 1210. The molecule has 0 spiro atoms. The molecule has 1 aliphatic rings. The molecule has 0 bridgehead atoms. The van der Waals surface area contributed by atoms with Gasteiger partial charge < -0.3 is 14.6 Å². The average Bonchev–Trinajstić information content (AvgIpc) is 3.22. The standard InChI is InChI=1S/C23H27N3O4S/c1-25(2)31(28,29)22-14-17(8-9-21(22)30-3)23(27)26-12-10-16(11-13-26)19-15-24-20-7-5-4-6-18(19)20/h4-9,14-16,24H,10-13H2,1-3H3. The van der Waals surface area contributed by atoms with Crippen LogP contribution < -0.4 is 4.74 Å². The summed E-state index contributed by atoms with van der Waals surface area (Å²) in [7, 11) is 0.600. The topological polar surface area (TPSA) is 82.7 Å². The molecule has 4 rings (SSSR count). The lowest BCUT2D eigenvalue weighted by Crippen LogP contribution is -2.38. The number of hydrogen-bond donors (Lipinski definition) is 1. The van der Waals surface area contributed by atoms with Crippen LogP contribution in [0, 0.1) is 0 Å². The van der Waals surface area contributed by atoms with Crippen molar-refractivity contribution in [1.82, 2.24) is 14.2 Å². The summed E-state index contributed by atoms with van der Waals surface area (Å²) in [5, 5.41) is 1.24. The van der Waals surface area contributed by atoms with Crippen molar-refractivity contribution in [1.29, 1.82) is 0 Å². The van der Waals surface area contributed by atoms with Crippen molar-refractivity contribution in [2.45, 2.75) is 23.7 Å². The normalized spacial score (nSPS) is 15.5. The van der Waals surface area contributed by atoms with Crippen LogP contribution in [0.25, 0.3) is 10.9 Å². The van der Waals surface area contributed by atoms with E-state index in [2.05, 4.69) is 23.3 Å². The average molecular weight is 442 g/mol. The molecule has 1 saturated heterocycles. The zero-order valence-electron chi connectivity index (χ0n) is 18.0. The Morgan fingerprint density at radius 1 is 1.13 bits per heavy atom. The predicted octanol–water partition coefficient (Wildman–Crippen LogP) is 3.45. The van der Waals surface area contributed by atoms with Gasteiger partial charge in [0.1, 0.15) is 10.6 Å². The van der Waals surface area contributed by atoms with E-state index in [0.29, 0.717) is 24.6 Å². The van der Waals surface area contributed by atoms with E-state index in [1.807, 2.05) is 12.1 Å². The number of sulfonamides is 1. The molecule has 7 nitrogen and oxygen atoms in total. The van der Waals surface area contributed by atoms with Gasteiger partial charge in [0.25, 0.3) is 5.91 Å². The number of amides is 1. The molecule has 3 aromatic rings. The number of ether oxygens (including phenoxy) is 1. The minimum Gasteiger partial charge on any atom is -0.495 e. The lowest BCUT2D eigenvalue weighted by molar-refractivity contribution is 0.0713. The van der Waals surface area contributed by atoms with E-state index >= 15 is 0 Å². The summed E-state index contributed by atoms with van der Waals surface area (Å²) in [5.74, 6) is 0.458. The first-order chi connectivity index (χ1) is 14.8. The molecule has 1 aliphatic heterocycles. The Morgan fingerprint density at radius 2 is 1.84 bits per heavy atom. The van der Waals surface area contributed by atoms with E-state index in [-0.39, 0.29) is 16.6 Å². The summed E-state index contributed by atoms with van der Waals surface area (Å²) < 4.78 is 31.7. The number of fused-ring (bicyclic) bond motifs is 1. The first kappa shape index (κ1) is 21.4. The number of rotatable bonds is 5. The first-order valence-electron chi connectivity index (χ1n) is 10.3. The van der Waals surface area contributed by atoms with E-state index in [0.717, 1.165) is 22.7 Å². The monoisotopic (exact) mass is 441 g/mol. The van der Waals surface area contributed by atoms with Crippen LogP contribution in [-0.4, -0.2) is 62.8 Å². The van der Waals surface area contributed by atoms with Crippen molar-refractivity contribution in [3.8, 4) is 5.75 Å². The van der Waals surface area contributed by atoms with Gasteiger partial charge in [0.05, 0.1) is 7.11 Å². The molecule has 8 heteroatoms. The number of aromatic amines is 1. The second-order valence-corrected chi connectivity index (χ2v) is 10.1. The van der Waals surface area contributed by atoms with Crippen molar-refractivity contribution in [3.63, 3.8) is 0 Å². The van der Waals surface area contributed by atoms with Gasteiger partial charge in [0, 0.05) is 49.8 Å². The third-order valence-corrected chi connectivity index (χ3v) is 7.85. The van der Waals surface area contributed by atoms with E-state index < -0.39 is 10.0 Å². The van der Waals surface area contributed by atoms with E-state index in [1.54, 1.807) is 17.0 Å². The van der Waals surface area contributed by atoms with Crippen LogP contribution in [-0.2, 0) is 10.0 Å². The molecule has 0 aliphatic carbocycles. The second kappa shape index (κ2) is 8.36. The van der Waals surface area contributed by atoms with Crippen LogP contribution in [0.15, 0.2) is 53.6 Å². The second-order valence-electron chi connectivity index (χ2n) is 8.01. The third-order valence-electron chi connectivity index (χ3n) is 6.01. The van der Waals surface area contributed by atoms with Gasteiger partial charge in [-0.15, -0.1) is 0 Å². The maximum Gasteiger partial charge on any atom is 0.253 e. The van der Waals surface area contributed by atoms with Gasteiger partial charge in [-0.2, -0.15) is 0 Å². The number of aromatic nitrogens is 1. The van der Waals surface area contributed by atoms with Crippen LogP contribution in [0.4, 0.5) is 0 Å². The van der Waals surface area contributed by atoms with Crippen LogP contribution in [0.5, 0.6) is 5.75 Å². The molecule has 0 saturated carbocycles. The summed E-state index contributed by atoms with van der Waals surface area (Å²) in [6, 6.07) is 12.8. The molecule has 0 unspecified atom stereocenters. The van der Waals surface area contributed by atoms with Gasteiger partial charge in [0.2, 0.25) is 10.0 Å². The fourth-order valence-electron chi connectivity index (χ4n) is 4.22. The molecule has 1 aromatic heterocycles. The lowest BCUT2D eigenvalue weighted by atomic mass is 9.89. The molecule has 1 amide bonds. The molecule has 31 heavy (non-hydrogen) atoms. The maximum absolute atomic E-state index is 13.1. The van der Waals surface area contributed by atoms with Crippen molar-refractivity contribution < 1.29 is 17.9 Å². The smallest absolute Gasteiger partial charge is 0.253 e. The van der Waals surface area contributed by atoms with Gasteiger partial charge in [-0.1, -0.05) is 18.2 Å². The van der Waals surface area contributed by atoms with Crippen LogP contribution >= 0.6 is 0 Å². The van der Waals surface area contributed by atoms with Crippen molar-refractivity contribution in [2.75, 3.05) is 34.3 Å². The van der Waals surface area contributed by atoms with Crippen LogP contribution in [0.3, 0.4) is 0 Å². The summed E-state index contributed by atoms with van der Waals surface area (Å²) in [5.41, 5.74) is 2.78. The van der Waals surface area contributed by atoms with E-state index in [1.165, 1.54) is 38.2 Å². The number of piperidine rings is 1. The van der Waals surface area contributed by atoms with E-state index in [4.69, 9.17) is 4.74 Å². The predicted molar refractivity (Wildman–Crippen MR) is 120 cm³/mol. The Labute approximate surface area is 182 Å². The molecular weight excluding hydrogens is 414 g/mol. The highest BCUT2D eigenvalue weighted by Gasteiger charge is 2.28. The molecule has 0 atom stereocenters. The van der Waals surface area contributed by atoms with E-state index in [9.17, 15) is 13.2 Å². The SMILES string of the molecule is COc1ccc(C(=O)N2CCC(c3c[nH]c4ccccc34)CC2)cc1S(=O)(=O)N(C)C. The first-order valence-corrected chi connectivity index (χ1v) is 11.7. The molecule has 1 fully saturated rings. The Hall–Kier alpha value is -2.84. The minimum absolute atomic E-state index is 0.000437. The fraction of sp³-hybridized carbons (Fsp3) is 0.348. The highest BCUT2D eigenvalue weighted by Crippen LogP contribution is 2.34. The van der Waals surface area contributed by atoms with Gasteiger partial charge >= 0.3 is 0 Å². The molecular formula is C23H27N3O4S. The number of carbonyl (C=O) groups is 1. The number of carbonyl (C=O) groups excluding carboxylic acids is 1. The maximum atomic E-state index is 13.1. The minimum atomic E-state index is -3.73. The van der Waals surface area contributed by atoms with Gasteiger partial charge in [-0.25, -0.2) is 12.7 Å². The lowest BCUT2D eigenvalue weighted by Gasteiger charge is -2.32. The number of likely N-dealkylation sites (tertiary alicyclic amines) is 1. The number of H-pyrrole nitrogens is 1. The summed E-state index contributed by atoms with van der Waals surface area (Å²) in [6.07, 6.45) is 3.81. The largest absolute Gasteiger partial charge is 0.495 e. The van der Waals surface area contributed by atoms with Gasteiger partial charge in [0.15, 0.2) is 0 Å². The summed E-state index contributed by atoms with van der Waals surface area (Å²) >= 11 is 0. The van der Waals surface area contributed by atoms with Gasteiger partial charge in [-0.05, 0) is 48.6 Å². The molecule has 0 radical (unpaired) electrons. The number of para-hydroxylation sites is 1. The zero-order valence-corrected chi connectivity index (χ0v) is 18.8. The highest BCUT2D eigenvalue weighted by molar-refractivity contribution is 7.89. The molecule has 1 N–H and O–H groups in total. The van der Waals surface area contributed by atoms with Crippen LogP contribution in [0.1, 0.15) is 34.7 Å². The third kappa shape index (κ3) is 3.93. The zero-order chi connectivity index (χ0) is 22.2. The van der Waals surface area contributed by atoms with Crippen molar-refractivity contribution in [2.24, 2.45) is 0 Å². The summed E-state index contributed by atoms with van der Waals surface area (Å²) in [4.78, 5) is 18.3. The Balaban J connectivity index is 1.52. The van der Waals surface area contributed by atoms with Gasteiger partial charge in [-0.3, -0.25) is 4.79 Å². The number of benzene rings is 2. The van der Waals surface area contributed by atoms with Crippen LogP contribution in [0.2, 0.25) is 0 Å².